The minimum absolute atomic E-state index is 0.456. The van der Waals surface area contributed by atoms with Gasteiger partial charge in [-0.05, 0) is 24.3 Å². The summed E-state index contributed by atoms with van der Waals surface area (Å²) in [4.78, 5) is 3.20. The van der Waals surface area contributed by atoms with Gasteiger partial charge in [0.25, 0.3) is 0 Å². The summed E-state index contributed by atoms with van der Waals surface area (Å²) in [6.45, 7) is 0. The summed E-state index contributed by atoms with van der Waals surface area (Å²) in [7, 11) is 0. The summed E-state index contributed by atoms with van der Waals surface area (Å²) in [6.07, 6.45) is 1.87. The van der Waals surface area contributed by atoms with Gasteiger partial charge in [-0.1, -0.05) is 35.9 Å². The minimum atomic E-state index is 0.456. The molecular formula is C16H10ClN3O. The zero-order chi connectivity index (χ0) is 14.2. The molecule has 0 aliphatic carbocycles. The maximum absolute atomic E-state index is 5.98. The van der Waals surface area contributed by atoms with E-state index in [1.165, 1.54) is 0 Å². The van der Waals surface area contributed by atoms with E-state index in [4.69, 9.17) is 16.0 Å². The van der Waals surface area contributed by atoms with Crippen LogP contribution in [-0.4, -0.2) is 15.2 Å². The van der Waals surface area contributed by atoms with E-state index in [0.717, 1.165) is 22.0 Å². The summed E-state index contributed by atoms with van der Waals surface area (Å²) in [5.41, 5.74) is 2.74. The third-order valence-electron chi connectivity index (χ3n) is 3.32. The van der Waals surface area contributed by atoms with E-state index >= 15 is 0 Å². The molecule has 5 heteroatoms. The number of H-pyrrole nitrogens is 1. The van der Waals surface area contributed by atoms with Crippen molar-refractivity contribution in [3.05, 3.63) is 59.8 Å². The molecule has 0 radical (unpaired) electrons. The number of rotatable bonds is 2. The fourth-order valence-electron chi connectivity index (χ4n) is 2.32. The maximum Gasteiger partial charge on any atom is 0.250 e. The number of aromatic amines is 1. The molecule has 0 bridgehead atoms. The molecule has 102 valence electrons. The first-order valence-electron chi connectivity index (χ1n) is 6.47. The molecule has 0 atom stereocenters. The zero-order valence-corrected chi connectivity index (χ0v) is 11.6. The highest BCUT2D eigenvalue weighted by molar-refractivity contribution is 6.30. The molecule has 0 saturated carbocycles. The van der Waals surface area contributed by atoms with Crippen molar-refractivity contribution < 1.29 is 4.42 Å². The van der Waals surface area contributed by atoms with Crippen molar-refractivity contribution in [2.45, 2.75) is 0 Å². The number of nitrogens with one attached hydrogen (secondary N) is 1. The topological polar surface area (TPSA) is 54.7 Å². The van der Waals surface area contributed by atoms with E-state index in [-0.39, 0.29) is 0 Å². The third kappa shape index (κ3) is 2.10. The lowest BCUT2D eigenvalue weighted by Gasteiger charge is -1.95. The SMILES string of the molecule is Clc1cccc(-c2nnc(-c3c[nH]c4ccccc34)o2)c1. The Hall–Kier alpha value is -2.59. The molecule has 4 aromatic rings. The second-order valence-corrected chi connectivity index (χ2v) is 5.11. The van der Waals surface area contributed by atoms with Gasteiger partial charge in [-0.25, -0.2) is 0 Å². The standard InChI is InChI=1S/C16H10ClN3O/c17-11-5-3-4-10(8-11)15-19-20-16(21-15)13-9-18-14-7-2-1-6-12(13)14/h1-9,18H. The number of aromatic nitrogens is 3. The maximum atomic E-state index is 5.98. The van der Waals surface area contributed by atoms with Crippen LogP contribution in [0.1, 0.15) is 0 Å². The van der Waals surface area contributed by atoms with E-state index in [0.29, 0.717) is 16.8 Å². The number of hydrogen-bond donors (Lipinski definition) is 1. The summed E-state index contributed by atoms with van der Waals surface area (Å²) in [6, 6.07) is 15.3. The summed E-state index contributed by atoms with van der Waals surface area (Å²) < 4.78 is 5.78. The Kier molecular flexibility index (Phi) is 2.75. The highest BCUT2D eigenvalue weighted by Crippen LogP contribution is 2.30. The molecular weight excluding hydrogens is 286 g/mol. The Labute approximate surface area is 125 Å². The molecule has 2 heterocycles. The molecule has 0 unspecified atom stereocenters. The molecule has 21 heavy (non-hydrogen) atoms. The molecule has 0 spiro atoms. The van der Waals surface area contributed by atoms with Crippen molar-refractivity contribution in [2.24, 2.45) is 0 Å². The quantitative estimate of drug-likeness (QED) is 0.591. The molecule has 4 nitrogen and oxygen atoms in total. The van der Waals surface area contributed by atoms with Crippen molar-refractivity contribution in [3.63, 3.8) is 0 Å². The number of para-hydroxylation sites is 1. The first-order valence-corrected chi connectivity index (χ1v) is 6.85. The Balaban J connectivity index is 1.81. The first kappa shape index (κ1) is 12.2. The van der Waals surface area contributed by atoms with E-state index in [9.17, 15) is 0 Å². The molecule has 0 amide bonds. The largest absolute Gasteiger partial charge is 0.416 e. The lowest BCUT2D eigenvalue weighted by atomic mass is 10.2. The van der Waals surface area contributed by atoms with Crippen molar-refractivity contribution in [1.82, 2.24) is 15.2 Å². The van der Waals surface area contributed by atoms with Gasteiger partial charge < -0.3 is 9.40 Å². The predicted molar refractivity (Wildman–Crippen MR) is 82.0 cm³/mol. The van der Waals surface area contributed by atoms with Crippen molar-refractivity contribution in [2.75, 3.05) is 0 Å². The van der Waals surface area contributed by atoms with Gasteiger partial charge in [-0.2, -0.15) is 0 Å². The van der Waals surface area contributed by atoms with Gasteiger partial charge >= 0.3 is 0 Å². The highest BCUT2D eigenvalue weighted by Gasteiger charge is 2.14. The third-order valence-corrected chi connectivity index (χ3v) is 3.55. The molecule has 2 aromatic carbocycles. The van der Waals surface area contributed by atoms with Crippen LogP contribution >= 0.6 is 11.6 Å². The van der Waals surface area contributed by atoms with Gasteiger partial charge in [0, 0.05) is 27.7 Å². The van der Waals surface area contributed by atoms with Crippen molar-refractivity contribution >= 4 is 22.5 Å². The highest BCUT2D eigenvalue weighted by atomic mass is 35.5. The van der Waals surface area contributed by atoms with Gasteiger partial charge in [-0.3, -0.25) is 0 Å². The van der Waals surface area contributed by atoms with Crippen molar-refractivity contribution in [1.29, 1.82) is 0 Å². The van der Waals surface area contributed by atoms with E-state index in [1.807, 2.05) is 48.7 Å². The summed E-state index contributed by atoms with van der Waals surface area (Å²) >= 11 is 5.98. The fraction of sp³-hybridized carbons (Fsp3) is 0. The van der Waals surface area contributed by atoms with Crippen LogP contribution in [0.25, 0.3) is 33.8 Å². The zero-order valence-electron chi connectivity index (χ0n) is 10.9. The Bertz CT molecular complexity index is 926. The Morgan fingerprint density at radius 2 is 1.81 bits per heavy atom. The van der Waals surface area contributed by atoms with Gasteiger partial charge in [0.15, 0.2) is 0 Å². The van der Waals surface area contributed by atoms with Crippen LogP contribution in [0.3, 0.4) is 0 Å². The van der Waals surface area contributed by atoms with Gasteiger partial charge in [-0.15, -0.1) is 10.2 Å². The predicted octanol–water partition coefficient (Wildman–Crippen LogP) is 4.54. The molecule has 4 rings (SSSR count). The van der Waals surface area contributed by atoms with Crippen LogP contribution in [0.2, 0.25) is 5.02 Å². The second-order valence-electron chi connectivity index (χ2n) is 4.67. The smallest absolute Gasteiger partial charge is 0.250 e. The number of benzene rings is 2. The van der Waals surface area contributed by atoms with E-state index < -0.39 is 0 Å². The molecule has 0 aliphatic heterocycles. The van der Waals surface area contributed by atoms with Crippen LogP contribution in [0.5, 0.6) is 0 Å². The molecule has 1 N–H and O–H groups in total. The minimum Gasteiger partial charge on any atom is -0.416 e. The average molecular weight is 296 g/mol. The van der Waals surface area contributed by atoms with Crippen LogP contribution < -0.4 is 0 Å². The second kappa shape index (κ2) is 4.75. The Morgan fingerprint density at radius 3 is 2.71 bits per heavy atom. The molecule has 0 aliphatic rings. The first-order chi connectivity index (χ1) is 10.3. The van der Waals surface area contributed by atoms with E-state index in [2.05, 4.69) is 15.2 Å². The average Bonchev–Trinajstić information content (AvgIpc) is 3.14. The fourth-order valence-corrected chi connectivity index (χ4v) is 2.51. The van der Waals surface area contributed by atoms with Crippen LogP contribution in [-0.2, 0) is 0 Å². The normalized spacial score (nSPS) is 11.1. The lowest BCUT2D eigenvalue weighted by Crippen LogP contribution is -1.76. The van der Waals surface area contributed by atoms with Crippen LogP contribution in [0.15, 0.2) is 59.1 Å². The van der Waals surface area contributed by atoms with E-state index in [1.54, 1.807) is 6.07 Å². The summed E-state index contributed by atoms with van der Waals surface area (Å²) in [5, 5.41) is 9.93. The molecule has 0 fully saturated rings. The lowest BCUT2D eigenvalue weighted by molar-refractivity contribution is 0.585. The van der Waals surface area contributed by atoms with Gasteiger partial charge in [0.1, 0.15) is 0 Å². The van der Waals surface area contributed by atoms with Crippen LogP contribution in [0, 0.1) is 0 Å². The number of nitrogens with zero attached hydrogens (tertiary/aromatic N) is 2. The summed E-state index contributed by atoms with van der Waals surface area (Å²) in [5.74, 6) is 0.945. The van der Waals surface area contributed by atoms with Crippen LogP contribution in [0.4, 0.5) is 0 Å². The van der Waals surface area contributed by atoms with Gasteiger partial charge in [0.2, 0.25) is 11.8 Å². The molecule has 2 aromatic heterocycles. The number of fused-ring (bicyclic) bond motifs is 1. The number of hydrogen-bond acceptors (Lipinski definition) is 3. The molecule has 0 saturated heterocycles. The van der Waals surface area contributed by atoms with Crippen molar-refractivity contribution in [3.8, 4) is 22.9 Å². The van der Waals surface area contributed by atoms with Gasteiger partial charge in [0.05, 0.1) is 5.56 Å². The number of halogens is 1. The monoisotopic (exact) mass is 295 g/mol. The Morgan fingerprint density at radius 1 is 0.952 bits per heavy atom.